The van der Waals surface area contributed by atoms with Gasteiger partial charge >= 0.3 is 0 Å². The van der Waals surface area contributed by atoms with Crippen molar-refractivity contribution in [1.82, 2.24) is 0 Å². The number of hydrogen-bond donors (Lipinski definition) is 1. The van der Waals surface area contributed by atoms with E-state index in [2.05, 4.69) is 96.9 Å². The lowest BCUT2D eigenvalue weighted by atomic mass is 9.80. The fourth-order valence-corrected chi connectivity index (χ4v) is 6.14. The first-order valence-corrected chi connectivity index (χ1v) is 12.4. The van der Waals surface area contributed by atoms with Crippen molar-refractivity contribution in [2.24, 2.45) is 0 Å². The van der Waals surface area contributed by atoms with Gasteiger partial charge in [-0.1, -0.05) is 92.8 Å². The molecule has 0 saturated heterocycles. The van der Waals surface area contributed by atoms with Crippen molar-refractivity contribution in [3.05, 3.63) is 53.1 Å². The number of nitrogens with zero attached hydrogens (tertiary/aromatic N) is 1. The van der Waals surface area contributed by atoms with Crippen LogP contribution in [0.25, 0.3) is 0 Å². The molecule has 166 valence electrons. The number of anilines is 1. The topological polar surface area (TPSA) is 23.5 Å². The first kappa shape index (κ1) is 24.7. The molecule has 0 spiro atoms. The van der Waals surface area contributed by atoms with Crippen LogP contribution in [0.1, 0.15) is 83.4 Å². The number of phenolic OH excluding ortho intramolecular Hbond substituents is 1. The van der Waals surface area contributed by atoms with E-state index < -0.39 is 0 Å². The molecule has 2 atom stereocenters. The zero-order valence-corrected chi connectivity index (χ0v) is 21.4. The number of para-hydroxylation sites is 1. The lowest BCUT2D eigenvalue weighted by Crippen LogP contribution is -2.26. The van der Waals surface area contributed by atoms with Crippen LogP contribution in [0.5, 0.6) is 5.75 Å². The van der Waals surface area contributed by atoms with Crippen LogP contribution in [0, 0.1) is 6.92 Å². The van der Waals surface area contributed by atoms with Crippen molar-refractivity contribution < 1.29 is 5.11 Å². The van der Waals surface area contributed by atoms with Crippen molar-refractivity contribution >= 4 is 19.6 Å². The molecule has 2 rings (SSSR count). The van der Waals surface area contributed by atoms with Crippen molar-refractivity contribution in [3.63, 3.8) is 0 Å². The number of rotatable bonds is 9. The van der Waals surface area contributed by atoms with Gasteiger partial charge in [0.05, 0.1) is 0 Å². The lowest BCUT2D eigenvalue weighted by Gasteiger charge is -2.37. The summed E-state index contributed by atoms with van der Waals surface area (Å²) in [5, 5.41) is 12.6. The van der Waals surface area contributed by atoms with Gasteiger partial charge in [-0.3, -0.25) is 0 Å². The highest BCUT2D eigenvalue weighted by atomic mass is 31.1. The van der Waals surface area contributed by atoms with Crippen molar-refractivity contribution in [1.29, 1.82) is 0 Å². The zero-order chi connectivity index (χ0) is 22.5. The number of aromatic hydroxyl groups is 1. The summed E-state index contributed by atoms with van der Waals surface area (Å²) < 4.78 is 0. The van der Waals surface area contributed by atoms with Gasteiger partial charge in [-0.15, -0.1) is 0 Å². The first-order chi connectivity index (χ1) is 14.1. The van der Waals surface area contributed by atoms with E-state index in [1.165, 1.54) is 35.8 Å². The number of phenols is 1. The van der Waals surface area contributed by atoms with E-state index >= 15 is 0 Å². The summed E-state index contributed by atoms with van der Waals surface area (Å²) >= 11 is 0. The van der Waals surface area contributed by atoms with Gasteiger partial charge < -0.3 is 10.0 Å². The zero-order valence-electron chi connectivity index (χ0n) is 20.4. The predicted octanol–water partition coefficient (Wildman–Crippen LogP) is 7.25. The lowest BCUT2D eigenvalue weighted by molar-refractivity contribution is 0.431. The molecule has 0 saturated carbocycles. The normalized spacial score (nSPS) is 14.3. The Morgan fingerprint density at radius 1 is 1.00 bits per heavy atom. The monoisotopic (exact) mass is 427 g/mol. The van der Waals surface area contributed by atoms with Crippen LogP contribution in [0.3, 0.4) is 0 Å². The standard InChI is InChI=1S/C27H42NOP/c1-9-11-14-17-27(10-2,30-24-16-13-12-15-23(24)28(7)8)22-19-21(26(4,5)6)18-20(3)25(22)29/h12-13,15-16,18-19,29-30H,9-11,14,17H2,1-8H3. The molecule has 0 heterocycles. The molecule has 3 heteroatoms. The molecule has 0 aromatic heterocycles. The second kappa shape index (κ2) is 10.2. The maximum Gasteiger partial charge on any atom is 0.122 e. The highest BCUT2D eigenvalue weighted by molar-refractivity contribution is 7.49. The maximum absolute atomic E-state index is 11.3. The molecule has 0 aliphatic carbocycles. The first-order valence-electron chi connectivity index (χ1n) is 11.4. The fraction of sp³-hybridized carbons (Fsp3) is 0.556. The molecule has 2 nitrogen and oxygen atoms in total. The van der Waals surface area contributed by atoms with Crippen LogP contribution < -0.4 is 10.2 Å². The summed E-state index contributed by atoms with van der Waals surface area (Å²) in [5.41, 5.74) is 4.80. The second-order valence-corrected chi connectivity index (χ2v) is 11.6. The SMILES string of the molecule is CCCCCC(CC)(Pc1ccccc1N(C)C)c1cc(C(C)(C)C)cc(C)c1O. The summed E-state index contributed by atoms with van der Waals surface area (Å²) in [6.07, 6.45) is 5.78. The van der Waals surface area contributed by atoms with Gasteiger partial charge in [0.15, 0.2) is 0 Å². The van der Waals surface area contributed by atoms with E-state index in [-0.39, 0.29) is 10.6 Å². The van der Waals surface area contributed by atoms with Gasteiger partial charge in [0.2, 0.25) is 0 Å². The molecule has 2 aromatic carbocycles. The van der Waals surface area contributed by atoms with Gasteiger partial charge in [0.25, 0.3) is 0 Å². The molecule has 0 aliphatic rings. The molecular weight excluding hydrogens is 385 g/mol. The Balaban J connectivity index is 2.67. The third kappa shape index (κ3) is 5.58. The van der Waals surface area contributed by atoms with Crippen molar-refractivity contribution in [2.75, 3.05) is 19.0 Å². The Morgan fingerprint density at radius 2 is 1.67 bits per heavy atom. The molecule has 2 unspecified atom stereocenters. The van der Waals surface area contributed by atoms with Crippen molar-refractivity contribution in [2.45, 2.75) is 84.2 Å². The summed E-state index contributed by atoms with van der Waals surface area (Å²) in [7, 11) is 4.86. The van der Waals surface area contributed by atoms with Gasteiger partial charge in [-0.05, 0) is 47.7 Å². The third-order valence-electron chi connectivity index (χ3n) is 6.25. The highest BCUT2D eigenvalue weighted by Crippen LogP contribution is 2.53. The predicted molar refractivity (Wildman–Crippen MR) is 136 cm³/mol. The van der Waals surface area contributed by atoms with E-state index in [1.807, 2.05) is 0 Å². The Bertz CT molecular complexity index is 837. The Labute approximate surface area is 186 Å². The number of unbranched alkanes of at least 4 members (excludes halogenated alkanes) is 2. The summed E-state index contributed by atoms with van der Waals surface area (Å²) in [6.45, 7) is 13.4. The van der Waals surface area contributed by atoms with E-state index in [1.54, 1.807) is 0 Å². The quantitative estimate of drug-likeness (QED) is 0.336. The van der Waals surface area contributed by atoms with Gasteiger partial charge in [0.1, 0.15) is 5.75 Å². The van der Waals surface area contributed by atoms with Crippen molar-refractivity contribution in [3.8, 4) is 5.75 Å². The Kier molecular flexibility index (Phi) is 8.40. The highest BCUT2D eigenvalue weighted by Gasteiger charge is 2.35. The minimum atomic E-state index is -0.0443. The minimum Gasteiger partial charge on any atom is -0.507 e. The average Bonchev–Trinajstić information content (AvgIpc) is 2.68. The van der Waals surface area contributed by atoms with Gasteiger partial charge in [-0.25, -0.2) is 0 Å². The van der Waals surface area contributed by atoms with Crippen LogP contribution in [-0.2, 0) is 10.6 Å². The van der Waals surface area contributed by atoms with Gasteiger partial charge in [-0.2, -0.15) is 0 Å². The molecular formula is C27H42NOP. The number of benzene rings is 2. The van der Waals surface area contributed by atoms with E-state index in [0.717, 1.165) is 24.0 Å². The Morgan fingerprint density at radius 3 is 2.23 bits per heavy atom. The van der Waals surface area contributed by atoms with Crippen LogP contribution in [0.4, 0.5) is 5.69 Å². The van der Waals surface area contributed by atoms with E-state index in [4.69, 9.17) is 0 Å². The summed E-state index contributed by atoms with van der Waals surface area (Å²) in [6, 6.07) is 13.2. The molecule has 0 bridgehead atoms. The van der Waals surface area contributed by atoms with Crippen LogP contribution in [-0.4, -0.2) is 19.2 Å². The smallest absolute Gasteiger partial charge is 0.122 e. The number of hydrogen-bond acceptors (Lipinski definition) is 2. The number of aryl methyl sites for hydroxylation is 1. The third-order valence-corrected chi connectivity index (χ3v) is 8.30. The Hall–Kier alpha value is -1.53. The molecule has 0 amide bonds. The summed E-state index contributed by atoms with van der Waals surface area (Å²) in [5.74, 6) is 0.496. The summed E-state index contributed by atoms with van der Waals surface area (Å²) in [4.78, 5) is 2.21. The molecule has 30 heavy (non-hydrogen) atoms. The van der Waals surface area contributed by atoms with Crippen LogP contribution in [0.2, 0.25) is 0 Å². The molecule has 2 aromatic rings. The van der Waals surface area contributed by atoms with Crippen LogP contribution >= 0.6 is 8.58 Å². The molecule has 0 fully saturated rings. The molecule has 0 radical (unpaired) electrons. The maximum atomic E-state index is 11.3. The van der Waals surface area contributed by atoms with E-state index in [0.29, 0.717) is 14.3 Å². The van der Waals surface area contributed by atoms with Crippen LogP contribution in [0.15, 0.2) is 36.4 Å². The molecule has 0 aliphatic heterocycles. The van der Waals surface area contributed by atoms with E-state index in [9.17, 15) is 5.11 Å². The molecule has 1 N–H and O–H groups in total. The fourth-order valence-electron chi connectivity index (χ4n) is 4.20. The second-order valence-electron chi connectivity index (χ2n) is 9.87. The largest absolute Gasteiger partial charge is 0.507 e. The van der Waals surface area contributed by atoms with Gasteiger partial charge in [0, 0.05) is 30.5 Å². The average molecular weight is 428 g/mol. The minimum absolute atomic E-state index is 0.0443.